The SMILES string of the molecule is CCCCCCCCCC/C=C\CCCCCCCCCCCCCCCCOCC(CO)OC(=O)CCC. The summed E-state index contributed by atoms with van der Waals surface area (Å²) in [5.41, 5.74) is 0. The van der Waals surface area contributed by atoms with Crippen molar-refractivity contribution in [1.29, 1.82) is 0 Å². The molecule has 0 aromatic carbocycles. The van der Waals surface area contributed by atoms with Gasteiger partial charge in [0.15, 0.2) is 0 Å². The van der Waals surface area contributed by atoms with E-state index >= 15 is 0 Å². The van der Waals surface area contributed by atoms with Gasteiger partial charge < -0.3 is 14.6 Å². The number of carbonyl (C=O) groups is 1. The summed E-state index contributed by atoms with van der Waals surface area (Å²) in [5, 5.41) is 9.29. The molecule has 0 rings (SSSR count). The van der Waals surface area contributed by atoms with Crippen molar-refractivity contribution < 1.29 is 19.4 Å². The number of unbranched alkanes of at least 4 members (excludes halogenated alkanes) is 22. The molecule has 4 nitrogen and oxygen atoms in total. The lowest BCUT2D eigenvalue weighted by molar-refractivity contribution is -0.154. The molecule has 0 bridgehead atoms. The molecule has 1 atom stereocenters. The molecule has 4 heteroatoms. The van der Waals surface area contributed by atoms with Gasteiger partial charge in [-0.15, -0.1) is 0 Å². The highest BCUT2D eigenvalue weighted by Crippen LogP contribution is 2.14. The average Bonchev–Trinajstić information content (AvgIpc) is 2.94. The lowest BCUT2D eigenvalue weighted by Crippen LogP contribution is -2.27. The summed E-state index contributed by atoms with van der Waals surface area (Å²) < 4.78 is 10.8. The first-order valence-corrected chi connectivity index (χ1v) is 17.3. The van der Waals surface area contributed by atoms with Crippen LogP contribution in [0.1, 0.15) is 181 Å². The third-order valence-electron chi connectivity index (χ3n) is 7.56. The summed E-state index contributed by atoms with van der Waals surface area (Å²) in [5.74, 6) is -0.252. The van der Waals surface area contributed by atoms with Gasteiger partial charge in [-0.05, 0) is 38.5 Å². The molecule has 39 heavy (non-hydrogen) atoms. The molecule has 0 aliphatic rings. The molecule has 0 aromatic heterocycles. The van der Waals surface area contributed by atoms with E-state index in [-0.39, 0.29) is 12.6 Å². The van der Waals surface area contributed by atoms with E-state index in [4.69, 9.17) is 9.47 Å². The smallest absolute Gasteiger partial charge is 0.306 e. The fourth-order valence-corrected chi connectivity index (χ4v) is 5.01. The lowest BCUT2D eigenvalue weighted by Gasteiger charge is -2.15. The fourth-order valence-electron chi connectivity index (χ4n) is 5.01. The van der Waals surface area contributed by atoms with Crippen LogP contribution in [0, 0.1) is 0 Å². The van der Waals surface area contributed by atoms with Crippen molar-refractivity contribution in [2.24, 2.45) is 0 Å². The molecule has 0 saturated heterocycles. The number of rotatable bonds is 32. The van der Waals surface area contributed by atoms with Gasteiger partial charge in [-0.1, -0.05) is 148 Å². The van der Waals surface area contributed by atoms with E-state index in [0.717, 1.165) is 12.8 Å². The number of esters is 1. The number of ether oxygens (including phenoxy) is 2. The Bertz CT molecular complexity index is 505. The summed E-state index contributed by atoms with van der Waals surface area (Å²) in [4.78, 5) is 11.5. The van der Waals surface area contributed by atoms with Crippen LogP contribution in [0.25, 0.3) is 0 Å². The summed E-state index contributed by atoms with van der Waals surface area (Å²) in [6.45, 7) is 5.03. The number of hydrogen-bond donors (Lipinski definition) is 1. The Balaban J connectivity index is 3.21. The Hall–Kier alpha value is -0.870. The predicted molar refractivity (Wildman–Crippen MR) is 168 cm³/mol. The van der Waals surface area contributed by atoms with Crippen LogP contribution >= 0.6 is 0 Å². The minimum absolute atomic E-state index is 0.174. The van der Waals surface area contributed by atoms with Crippen molar-refractivity contribution in [2.45, 2.75) is 187 Å². The molecule has 0 heterocycles. The summed E-state index contributed by atoms with van der Waals surface area (Å²) >= 11 is 0. The van der Waals surface area contributed by atoms with Crippen LogP contribution in [0.3, 0.4) is 0 Å². The van der Waals surface area contributed by atoms with Crippen LogP contribution in [0.5, 0.6) is 0 Å². The fraction of sp³-hybridized carbons (Fsp3) is 0.914. The van der Waals surface area contributed by atoms with E-state index in [2.05, 4.69) is 19.1 Å². The van der Waals surface area contributed by atoms with Crippen molar-refractivity contribution in [2.75, 3.05) is 19.8 Å². The van der Waals surface area contributed by atoms with E-state index in [1.54, 1.807) is 0 Å². The lowest BCUT2D eigenvalue weighted by atomic mass is 10.0. The number of carbonyl (C=O) groups excluding carboxylic acids is 1. The van der Waals surface area contributed by atoms with Gasteiger partial charge in [-0.3, -0.25) is 4.79 Å². The first-order chi connectivity index (χ1) is 19.2. The van der Waals surface area contributed by atoms with Crippen molar-refractivity contribution >= 4 is 5.97 Å². The molecule has 1 unspecified atom stereocenters. The second kappa shape index (κ2) is 33.3. The Morgan fingerprint density at radius 1 is 0.590 bits per heavy atom. The molecule has 0 aliphatic heterocycles. The van der Waals surface area contributed by atoms with Crippen molar-refractivity contribution in [3.05, 3.63) is 12.2 Å². The molecule has 0 aromatic rings. The highest BCUT2D eigenvalue weighted by molar-refractivity contribution is 5.69. The zero-order valence-electron chi connectivity index (χ0n) is 26.4. The van der Waals surface area contributed by atoms with E-state index in [0.29, 0.717) is 19.6 Å². The van der Waals surface area contributed by atoms with Gasteiger partial charge in [-0.2, -0.15) is 0 Å². The molecular formula is C35H68O4. The summed E-state index contributed by atoms with van der Waals surface area (Å²) in [6.07, 6.45) is 38.2. The standard InChI is InChI=1S/C35H68O4/c1-3-5-6-7-8-9-10-11-12-13-14-15-16-17-18-19-20-21-22-23-24-25-26-27-28-29-31-38-33-34(32-36)39-35(37)30-4-2/h13-14,34,36H,3-12,15-33H2,1-2H3/b14-13-. The molecule has 1 N–H and O–H groups in total. The molecule has 0 saturated carbocycles. The van der Waals surface area contributed by atoms with Gasteiger partial charge in [-0.25, -0.2) is 0 Å². The van der Waals surface area contributed by atoms with Gasteiger partial charge in [0.2, 0.25) is 0 Å². The topological polar surface area (TPSA) is 55.8 Å². The molecule has 0 radical (unpaired) electrons. The van der Waals surface area contributed by atoms with Crippen LogP contribution < -0.4 is 0 Å². The Morgan fingerprint density at radius 3 is 1.41 bits per heavy atom. The van der Waals surface area contributed by atoms with Gasteiger partial charge in [0, 0.05) is 13.0 Å². The normalized spacial score (nSPS) is 12.4. The zero-order valence-corrected chi connectivity index (χ0v) is 26.4. The van der Waals surface area contributed by atoms with Crippen LogP contribution in [-0.2, 0) is 14.3 Å². The van der Waals surface area contributed by atoms with Gasteiger partial charge in [0.25, 0.3) is 0 Å². The third-order valence-corrected chi connectivity index (χ3v) is 7.56. The monoisotopic (exact) mass is 553 g/mol. The molecular weight excluding hydrogens is 484 g/mol. The highest BCUT2D eigenvalue weighted by Gasteiger charge is 2.12. The minimum Gasteiger partial charge on any atom is -0.457 e. The molecule has 0 fully saturated rings. The maximum atomic E-state index is 11.5. The van der Waals surface area contributed by atoms with Crippen molar-refractivity contribution in [1.82, 2.24) is 0 Å². The summed E-state index contributed by atoms with van der Waals surface area (Å²) in [7, 11) is 0. The third kappa shape index (κ3) is 31.5. The maximum absolute atomic E-state index is 11.5. The van der Waals surface area contributed by atoms with E-state index in [1.807, 2.05) is 6.92 Å². The predicted octanol–water partition coefficient (Wildman–Crippen LogP) is 10.6. The van der Waals surface area contributed by atoms with Crippen molar-refractivity contribution in [3.8, 4) is 0 Å². The first kappa shape index (κ1) is 38.1. The number of aliphatic hydroxyl groups is 1. The molecule has 0 amide bonds. The average molecular weight is 553 g/mol. The molecule has 0 spiro atoms. The van der Waals surface area contributed by atoms with Crippen LogP contribution in [-0.4, -0.2) is 37.0 Å². The van der Waals surface area contributed by atoms with Crippen molar-refractivity contribution in [3.63, 3.8) is 0 Å². The quantitative estimate of drug-likeness (QED) is 0.0512. The number of allylic oxidation sites excluding steroid dienone is 2. The van der Waals surface area contributed by atoms with E-state index < -0.39 is 6.10 Å². The van der Waals surface area contributed by atoms with E-state index in [9.17, 15) is 9.90 Å². The van der Waals surface area contributed by atoms with Crippen LogP contribution in [0.4, 0.5) is 0 Å². The molecule has 232 valence electrons. The second-order valence-electron chi connectivity index (χ2n) is 11.6. The number of hydrogen-bond acceptors (Lipinski definition) is 4. The summed E-state index contributed by atoms with van der Waals surface area (Å²) in [6, 6.07) is 0. The maximum Gasteiger partial charge on any atom is 0.306 e. The van der Waals surface area contributed by atoms with Gasteiger partial charge in [0.1, 0.15) is 6.10 Å². The van der Waals surface area contributed by atoms with E-state index in [1.165, 1.54) is 148 Å². The number of aliphatic hydroxyl groups excluding tert-OH is 1. The highest BCUT2D eigenvalue weighted by atomic mass is 16.6. The Morgan fingerprint density at radius 2 is 1.00 bits per heavy atom. The first-order valence-electron chi connectivity index (χ1n) is 17.3. The van der Waals surface area contributed by atoms with Gasteiger partial charge >= 0.3 is 5.97 Å². The minimum atomic E-state index is -0.523. The van der Waals surface area contributed by atoms with Gasteiger partial charge in [0.05, 0.1) is 13.2 Å². The molecule has 0 aliphatic carbocycles. The Kier molecular flexibility index (Phi) is 32.6. The zero-order chi connectivity index (χ0) is 28.5. The Labute approximate surface area is 244 Å². The second-order valence-corrected chi connectivity index (χ2v) is 11.6. The largest absolute Gasteiger partial charge is 0.457 e. The van der Waals surface area contributed by atoms with Crippen LogP contribution in [0.15, 0.2) is 12.2 Å². The van der Waals surface area contributed by atoms with Crippen LogP contribution in [0.2, 0.25) is 0 Å².